The highest BCUT2D eigenvalue weighted by atomic mass is 14.6. The number of hydrogen-bond donors (Lipinski definition) is 1. The third kappa shape index (κ3) is 2.95. The minimum atomic E-state index is 0.360. The summed E-state index contributed by atoms with van der Waals surface area (Å²) in [6, 6.07) is 6.90. The van der Waals surface area contributed by atoms with Crippen LogP contribution in [0.4, 0.5) is 0 Å². The molecule has 0 bridgehead atoms. The van der Waals surface area contributed by atoms with E-state index < -0.39 is 0 Å². The molecule has 1 fully saturated rings. The van der Waals surface area contributed by atoms with E-state index in [-0.39, 0.29) is 0 Å². The normalized spacial score (nSPS) is 28.3. The second kappa shape index (κ2) is 5.44. The van der Waals surface area contributed by atoms with Crippen LogP contribution in [0.15, 0.2) is 18.2 Å². The Kier molecular flexibility index (Phi) is 4.11. The molecule has 0 aromatic heterocycles. The molecule has 0 radical (unpaired) electrons. The summed E-state index contributed by atoms with van der Waals surface area (Å²) in [6.45, 7) is 7.60. The van der Waals surface area contributed by atoms with E-state index >= 15 is 0 Å². The fourth-order valence-electron chi connectivity index (χ4n) is 3.53. The summed E-state index contributed by atoms with van der Waals surface area (Å²) in [7, 11) is 0. The topological polar surface area (TPSA) is 26.0 Å². The Hall–Kier alpha value is -0.820. The molecule has 1 aromatic carbocycles. The van der Waals surface area contributed by atoms with Gasteiger partial charge in [-0.2, -0.15) is 0 Å². The highest BCUT2D eigenvalue weighted by Crippen LogP contribution is 2.41. The average Bonchev–Trinajstić information content (AvgIpc) is 2.34. The number of nitrogens with two attached hydrogens (primary N) is 1. The summed E-state index contributed by atoms with van der Waals surface area (Å²) in [4.78, 5) is 0. The van der Waals surface area contributed by atoms with Gasteiger partial charge in [-0.1, -0.05) is 38.0 Å². The largest absolute Gasteiger partial charge is 0.330 e. The molecule has 0 spiro atoms. The van der Waals surface area contributed by atoms with Crippen molar-refractivity contribution in [3.05, 3.63) is 34.9 Å². The minimum Gasteiger partial charge on any atom is -0.330 e. The molecule has 2 unspecified atom stereocenters. The molecule has 0 heterocycles. The van der Waals surface area contributed by atoms with Gasteiger partial charge in [-0.25, -0.2) is 0 Å². The van der Waals surface area contributed by atoms with Crippen LogP contribution in [0.2, 0.25) is 0 Å². The SMILES string of the molecule is Cc1ccc(CC2(CN)CCCC(C)C2)cc1C. The number of hydrogen-bond acceptors (Lipinski definition) is 1. The third-order valence-electron chi connectivity index (χ3n) is 4.77. The first-order chi connectivity index (χ1) is 8.54. The maximum Gasteiger partial charge on any atom is -0.00172 e. The minimum absolute atomic E-state index is 0.360. The average molecular weight is 245 g/mol. The van der Waals surface area contributed by atoms with Crippen molar-refractivity contribution in [1.29, 1.82) is 0 Å². The van der Waals surface area contributed by atoms with Crippen molar-refractivity contribution in [2.24, 2.45) is 17.1 Å². The Morgan fingerprint density at radius 3 is 2.67 bits per heavy atom. The molecule has 2 N–H and O–H groups in total. The molecule has 1 aromatic rings. The van der Waals surface area contributed by atoms with Gasteiger partial charge in [0.15, 0.2) is 0 Å². The summed E-state index contributed by atoms with van der Waals surface area (Å²) in [6.07, 6.45) is 6.50. The van der Waals surface area contributed by atoms with E-state index in [4.69, 9.17) is 5.73 Å². The van der Waals surface area contributed by atoms with E-state index in [9.17, 15) is 0 Å². The second-order valence-corrected chi connectivity index (χ2v) is 6.50. The smallest absolute Gasteiger partial charge is 0.00172 e. The zero-order valence-electron chi connectivity index (χ0n) is 12.1. The van der Waals surface area contributed by atoms with Gasteiger partial charge in [0.05, 0.1) is 0 Å². The van der Waals surface area contributed by atoms with Crippen LogP contribution in [0.5, 0.6) is 0 Å². The molecule has 1 aliphatic carbocycles. The molecule has 18 heavy (non-hydrogen) atoms. The fraction of sp³-hybridized carbons (Fsp3) is 0.647. The van der Waals surface area contributed by atoms with Gasteiger partial charge in [0.25, 0.3) is 0 Å². The van der Waals surface area contributed by atoms with Crippen molar-refractivity contribution >= 4 is 0 Å². The molecule has 1 aliphatic rings. The van der Waals surface area contributed by atoms with Gasteiger partial charge < -0.3 is 5.73 Å². The Labute approximate surface area is 112 Å². The zero-order chi connectivity index (χ0) is 13.2. The van der Waals surface area contributed by atoms with E-state index in [1.165, 1.54) is 42.4 Å². The van der Waals surface area contributed by atoms with Crippen LogP contribution in [0.25, 0.3) is 0 Å². The van der Waals surface area contributed by atoms with E-state index in [1.807, 2.05) is 0 Å². The molecule has 2 rings (SSSR count). The first kappa shape index (κ1) is 13.6. The van der Waals surface area contributed by atoms with Gasteiger partial charge in [-0.15, -0.1) is 0 Å². The lowest BCUT2D eigenvalue weighted by Gasteiger charge is -2.39. The van der Waals surface area contributed by atoms with Crippen LogP contribution in [-0.4, -0.2) is 6.54 Å². The third-order valence-corrected chi connectivity index (χ3v) is 4.77. The predicted molar refractivity (Wildman–Crippen MR) is 78.7 cm³/mol. The van der Waals surface area contributed by atoms with Crippen LogP contribution in [0.1, 0.15) is 49.3 Å². The quantitative estimate of drug-likeness (QED) is 0.855. The summed E-state index contributed by atoms with van der Waals surface area (Å²) in [5.74, 6) is 0.842. The number of rotatable bonds is 3. The van der Waals surface area contributed by atoms with Gasteiger partial charge in [0.1, 0.15) is 0 Å². The Morgan fingerprint density at radius 2 is 2.06 bits per heavy atom. The molecule has 100 valence electrons. The van der Waals surface area contributed by atoms with Crippen molar-refractivity contribution in [3.63, 3.8) is 0 Å². The molecule has 1 nitrogen and oxygen atoms in total. The van der Waals surface area contributed by atoms with Crippen LogP contribution >= 0.6 is 0 Å². The Balaban J connectivity index is 2.16. The molecule has 0 aliphatic heterocycles. The lowest BCUT2D eigenvalue weighted by molar-refractivity contribution is 0.154. The maximum atomic E-state index is 6.12. The van der Waals surface area contributed by atoms with E-state index in [2.05, 4.69) is 39.0 Å². The van der Waals surface area contributed by atoms with Gasteiger partial charge in [-0.05, 0) is 67.7 Å². The number of aryl methyl sites for hydroxylation is 2. The van der Waals surface area contributed by atoms with Crippen molar-refractivity contribution in [3.8, 4) is 0 Å². The summed E-state index contributed by atoms with van der Waals surface area (Å²) in [5, 5.41) is 0. The van der Waals surface area contributed by atoms with Gasteiger partial charge in [-0.3, -0.25) is 0 Å². The lowest BCUT2D eigenvalue weighted by atomic mass is 9.67. The van der Waals surface area contributed by atoms with Crippen LogP contribution < -0.4 is 5.73 Å². The molecule has 2 atom stereocenters. The summed E-state index contributed by atoms with van der Waals surface area (Å²) >= 11 is 0. The van der Waals surface area contributed by atoms with Crippen molar-refractivity contribution in [2.75, 3.05) is 6.54 Å². The fourth-order valence-corrected chi connectivity index (χ4v) is 3.53. The maximum absolute atomic E-state index is 6.12. The zero-order valence-corrected chi connectivity index (χ0v) is 12.1. The predicted octanol–water partition coefficient (Wildman–Crippen LogP) is 4.00. The molecular weight excluding hydrogens is 218 g/mol. The van der Waals surface area contributed by atoms with Crippen molar-refractivity contribution in [1.82, 2.24) is 0 Å². The molecule has 0 saturated heterocycles. The molecular formula is C17H27N. The van der Waals surface area contributed by atoms with Crippen LogP contribution in [-0.2, 0) is 6.42 Å². The first-order valence-corrected chi connectivity index (χ1v) is 7.31. The second-order valence-electron chi connectivity index (χ2n) is 6.50. The highest BCUT2D eigenvalue weighted by Gasteiger charge is 2.33. The van der Waals surface area contributed by atoms with Crippen LogP contribution in [0.3, 0.4) is 0 Å². The molecule has 0 amide bonds. The van der Waals surface area contributed by atoms with Crippen LogP contribution in [0, 0.1) is 25.2 Å². The highest BCUT2D eigenvalue weighted by molar-refractivity contribution is 5.30. The van der Waals surface area contributed by atoms with Gasteiger partial charge >= 0.3 is 0 Å². The Morgan fingerprint density at radius 1 is 1.28 bits per heavy atom. The molecule has 1 heteroatoms. The Bertz CT molecular complexity index is 410. The van der Waals surface area contributed by atoms with Gasteiger partial charge in [0.2, 0.25) is 0 Å². The first-order valence-electron chi connectivity index (χ1n) is 7.31. The summed E-state index contributed by atoms with van der Waals surface area (Å²) in [5.41, 5.74) is 10.7. The number of benzene rings is 1. The summed E-state index contributed by atoms with van der Waals surface area (Å²) < 4.78 is 0. The van der Waals surface area contributed by atoms with Gasteiger partial charge in [0, 0.05) is 0 Å². The van der Waals surface area contributed by atoms with E-state index in [1.54, 1.807) is 0 Å². The van der Waals surface area contributed by atoms with Crippen molar-refractivity contribution < 1.29 is 0 Å². The standard InChI is InChI=1S/C17H27N/c1-13-5-4-8-17(10-13,12-18)11-16-7-6-14(2)15(3)9-16/h6-7,9,13H,4-5,8,10-12,18H2,1-3H3. The van der Waals surface area contributed by atoms with E-state index in [0.29, 0.717) is 5.41 Å². The lowest BCUT2D eigenvalue weighted by Crippen LogP contribution is -2.37. The monoisotopic (exact) mass is 245 g/mol. The molecule has 1 saturated carbocycles. The van der Waals surface area contributed by atoms with Crippen molar-refractivity contribution in [2.45, 2.75) is 52.9 Å². The van der Waals surface area contributed by atoms with E-state index in [0.717, 1.165) is 18.9 Å².